The van der Waals surface area contributed by atoms with Crippen molar-refractivity contribution in [1.82, 2.24) is 4.72 Å². The third-order valence-electron chi connectivity index (χ3n) is 5.08. The van der Waals surface area contributed by atoms with Gasteiger partial charge < -0.3 is 10.1 Å². The van der Waals surface area contributed by atoms with Crippen LogP contribution in [0.2, 0.25) is 0 Å². The van der Waals surface area contributed by atoms with E-state index in [0.717, 1.165) is 12.1 Å². The zero-order valence-electron chi connectivity index (χ0n) is 18.5. The third kappa shape index (κ3) is 7.03. The summed E-state index contributed by atoms with van der Waals surface area (Å²) < 4.78 is 88.1. The van der Waals surface area contributed by atoms with Crippen molar-refractivity contribution >= 4 is 59.9 Å². The Bertz CT molecular complexity index is 1520. The molecule has 1 aliphatic rings. The zero-order chi connectivity index (χ0) is 26.1. The van der Waals surface area contributed by atoms with Gasteiger partial charge in [0, 0.05) is 16.2 Å². The van der Waals surface area contributed by atoms with E-state index < -0.39 is 37.1 Å². The summed E-state index contributed by atoms with van der Waals surface area (Å²) in [5, 5.41) is 7.12. The normalized spacial score (nSPS) is 13.9. The van der Waals surface area contributed by atoms with E-state index in [0.29, 0.717) is 22.0 Å². The highest BCUT2D eigenvalue weighted by molar-refractivity contribution is 14.1. The van der Waals surface area contributed by atoms with Crippen molar-refractivity contribution in [2.45, 2.75) is 24.6 Å². The molecule has 0 radical (unpaired) electrons. The van der Waals surface area contributed by atoms with Crippen LogP contribution in [-0.4, -0.2) is 22.1 Å². The second kappa shape index (κ2) is 10.5. The van der Waals surface area contributed by atoms with E-state index >= 15 is 0 Å². The second-order valence-electron chi connectivity index (χ2n) is 8.04. The van der Waals surface area contributed by atoms with Crippen LogP contribution < -0.4 is 24.6 Å². The average Bonchev–Trinajstić information content (AvgIpc) is 3.63. The molecular formula is C22H21F2IN4O5S2. The van der Waals surface area contributed by atoms with Crippen LogP contribution in [0.15, 0.2) is 54.6 Å². The standard InChI is InChI=1S/C22H21F2IN4O5S2/c23-14-9-20(28-19-7-4-15(25)11-18(19)24)22(29-35(30,31)17-5-6-17)21(10-14)34-16-3-1-2-13(8-16)12-27-36(26,32)33/h1-4,7-11,17,27-29H,5-6,12H2,(H2,26,32,33). The molecule has 0 aromatic heterocycles. The van der Waals surface area contributed by atoms with E-state index in [4.69, 9.17) is 9.88 Å². The number of halogens is 3. The summed E-state index contributed by atoms with van der Waals surface area (Å²) in [4.78, 5) is 0. The molecular weight excluding hydrogens is 629 g/mol. The van der Waals surface area contributed by atoms with Crippen molar-refractivity contribution < 1.29 is 30.4 Å². The molecule has 0 atom stereocenters. The maximum absolute atomic E-state index is 14.6. The molecule has 192 valence electrons. The van der Waals surface area contributed by atoms with Crippen molar-refractivity contribution in [3.8, 4) is 11.5 Å². The van der Waals surface area contributed by atoms with Gasteiger partial charge in [-0.1, -0.05) is 12.1 Å². The first-order valence-corrected chi connectivity index (χ1v) is 14.7. The van der Waals surface area contributed by atoms with Gasteiger partial charge in [0.05, 0.1) is 16.6 Å². The minimum absolute atomic E-state index is 0.00917. The van der Waals surface area contributed by atoms with Crippen LogP contribution in [0.3, 0.4) is 0 Å². The molecule has 4 rings (SSSR count). The Morgan fingerprint density at radius 3 is 2.42 bits per heavy atom. The van der Waals surface area contributed by atoms with Crippen molar-refractivity contribution in [3.63, 3.8) is 0 Å². The number of sulfonamides is 1. The number of hydrogen-bond donors (Lipinski definition) is 4. The first-order chi connectivity index (χ1) is 16.9. The van der Waals surface area contributed by atoms with Gasteiger partial charge in [0.15, 0.2) is 5.75 Å². The fourth-order valence-electron chi connectivity index (χ4n) is 3.24. The molecule has 3 aromatic rings. The monoisotopic (exact) mass is 650 g/mol. The van der Waals surface area contributed by atoms with Gasteiger partial charge in [-0.2, -0.15) is 13.1 Å². The summed E-state index contributed by atoms with van der Waals surface area (Å²) in [5.74, 6) is -1.38. The van der Waals surface area contributed by atoms with Crippen LogP contribution >= 0.6 is 22.6 Å². The summed E-state index contributed by atoms with van der Waals surface area (Å²) in [5.41, 5.74) is 0.336. The van der Waals surface area contributed by atoms with Crippen LogP contribution in [0.25, 0.3) is 0 Å². The molecule has 0 spiro atoms. The number of anilines is 3. The molecule has 0 unspecified atom stereocenters. The summed E-state index contributed by atoms with van der Waals surface area (Å²) in [7, 11) is -7.74. The van der Waals surface area contributed by atoms with E-state index in [1.807, 2.05) is 22.6 Å². The summed E-state index contributed by atoms with van der Waals surface area (Å²) >= 11 is 1.94. The molecule has 0 heterocycles. The summed E-state index contributed by atoms with van der Waals surface area (Å²) in [6, 6.07) is 12.6. The van der Waals surface area contributed by atoms with Gasteiger partial charge in [0.25, 0.3) is 10.2 Å². The number of ether oxygens (including phenoxy) is 1. The van der Waals surface area contributed by atoms with E-state index in [1.165, 1.54) is 24.3 Å². The number of benzene rings is 3. The molecule has 0 bridgehead atoms. The lowest BCUT2D eigenvalue weighted by molar-refractivity contribution is 0.478. The molecule has 0 saturated heterocycles. The van der Waals surface area contributed by atoms with Gasteiger partial charge in [-0.3, -0.25) is 4.72 Å². The second-order valence-corrected chi connectivity index (χ2v) is 12.6. The van der Waals surface area contributed by atoms with Crippen LogP contribution in [0.4, 0.5) is 25.8 Å². The molecule has 1 saturated carbocycles. The lowest BCUT2D eigenvalue weighted by Gasteiger charge is -2.19. The van der Waals surface area contributed by atoms with Crippen molar-refractivity contribution in [1.29, 1.82) is 0 Å². The number of nitrogens with two attached hydrogens (primary N) is 1. The predicted octanol–water partition coefficient (Wildman–Crippen LogP) is 4.30. The molecule has 9 nitrogen and oxygen atoms in total. The van der Waals surface area contributed by atoms with Gasteiger partial charge in [-0.25, -0.2) is 22.3 Å². The Morgan fingerprint density at radius 1 is 1.00 bits per heavy atom. The molecule has 0 aliphatic heterocycles. The van der Waals surface area contributed by atoms with Gasteiger partial charge in [-0.15, -0.1) is 0 Å². The van der Waals surface area contributed by atoms with Crippen LogP contribution in [0.1, 0.15) is 18.4 Å². The highest BCUT2D eigenvalue weighted by Gasteiger charge is 2.37. The van der Waals surface area contributed by atoms with Crippen LogP contribution in [0.5, 0.6) is 11.5 Å². The molecule has 0 amide bonds. The SMILES string of the molecule is NS(=O)(=O)NCc1cccc(Oc2cc(F)cc(Nc3ccc(I)cc3F)c2NS(=O)(=O)C2CC2)c1. The van der Waals surface area contributed by atoms with Crippen molar-refractivity contribution in [2.75, 3.05) is 10.0 Å². The summed E-state index contributed by atoms with van der Waals surface area (Å²) in [6.45, 7) is -0.126. The highest BCUT2D eigenvalue weighted by atomic mass is 127. The van der Waals surface area contributed by atoms with E-state index in [-0.39, 0.29) is 35.1 Å². The predicted molar refractivity (Wildman–Crippen MR) is 141 cm³/mol. The average molecular weight is 650 g/mol. The highest BCUT2D eigenvalue weighted by Crippen LogP contribution is 2.41. The first kappa shape index (κ1) is 26.5. The minimum atomic E-state index is -3.93. The van der Waals surface area contributed by atoms with Crippen LogP contribution in [-0.2, 0) is 26.8 Å². The Hall–Kier alpha value is -2.53. The zero-order valence-corrected chi connectivity index (χ0v) is 22.3. The maximum atomic E-state index is 14.6. The third-order valence-corrected chi connectivity index (χ3v) is 8.13. The molecule has 36 heavy (non-hydrogen) atoms. The van der Waals surface area contributed by atoms with E-state index in [1.54, 1.807) is 18.2 Å². The lowest BCUT2D eigenvalue weighted by atomic mass is 10.2. The largest absolute Gasteiger partial charge is 0.455 e. The fraction of sp³-hybridized carbons (Fsp3) is 0.182. The Morgan fingerprint density at radius 2 is 1.75 bits per heavy atom. The molecule has 1 aliphatic carbocycles. The molecule has 14 heteroatoms. The Labute approximate surface area is 220 Å². The molecule has 3 aromatic carbocycles. The lowest BCUT2D eigenvalue weighted by Crippen LogP contribution is -2.30. The Kier molecular flexibility index (Phi) is 7.70. The van der Waals surface area contributed by atoms with Crippen molar-refractivity contribution in [2.24, 2.45) is 5.14 Å². The van der Waals surface area contributed by atoms with Gasteiger partial charge in [0.2, 0.25) is 10.0 Å². The smallest absolute Gasteiger partial charge is 0.274 e. The van der Waals surface area contributed by atoms with Gasteiger partial charge in [-0.05, 0) is 77.4 Å². The summed E-state index contributed by atoms with van der Waals surface area (Å²) in [6.07, 6.45) is 0.973. The maximum Gasteiger partial charge on any atom is 0.274 e. The minimum Gasteiger partial charge on any atom is -0.455 e. The fourth-order valence-corrected chi connectivity index (χ4v) is 5.48. The van der Waals surface area contributed by atoms with E-state index in [9.17, 15) is 25.6 Å². The number of nitrogens with one attached hydrogen (secondary N) is 3. The van der Waals surface area contributed by atoms with Crippen molar-refractivity contribution in [3.05, 3.63) is 75.4 Å². The van der Waals surface area contributed by atoms with Gasteiger partial charge in [0.1, 0.15) is 23.1 Å². The first-order valence-electron chi connectivity index (χ1n) is 10.5. The van der Waals surface area contributed by atoms with Crippen LogP contribution in [0, 0.1) is 15.2 Å². The molecule has 5 N–H and O–H groups in total. The van der Waals surface area contributed by atoms with Gasteiger partial charge >= 0.3 is 0 Å². The number of rotatable bonds is 10. The van der Waals surface area contributed by atoms with E-state index in [2.05, 4.69) is 14.8 Å². The quantitative estimate of drug-likeness (QED) is 0.242. The topological polar surface area (TPSA) is 140 Å². The number of hydrogen-bond acceptors (Lipinski definition) is 6. The Balaban J connectivity index is 1.72. The molecule has 1 fully saturated rings.